The molecule has 3 aromatic rings. The topological polar surface area (TPSA) is 112 Å². The van der Waals surface area contributed by atoms with Crippen molar-refractivity contribution in [2.24, 2.45) is 7.05 Å². The molecule has 0 saturated carbocycles. The predicted molar refractivity (Wildman–Crippen MR) is 103 cm³/mol. The second kappa shape index (κ2) is 7.87. The number of benzene rings is 1. The number of rotatable bonds is 5. The van der Waals surface area contributed by atoms with Gasteiger partial charge in [0.25, 0.3) is 5.69 Å². The summed E-state index contributed by atoms with van der Waals surface area (Å²) in [6.07, 6.45) is 0.460. The Morgan fingerprint density at radius 1 is 1.25 bits per heavy atom. The Bertz CT molecular complexity index is 1020. The maximum Gasteiger partial charge on any atom is 0.413 e. The summed E-state index contributed by atoms with van der Waals surface area (Å²) in [6.45, 7) is 3.33. The average molecular weight is 381 g/mol. The van der Waals surface area contributed by atoms with Crippen LogP contribution in [0.1, 0.15) is 24.3 Å². The number of nitrogens with zero attached hydrogens (tertiary/aromatic N) is 4. The number of amides is 1. The van der Waals surface area contributed by atoms with E-state index in [2.05, 4.69) is 15.4 Å². The van der Waals surface area contributed by atoms with Crippen molar-refractivity contribution in [2.75, 3.05) is 5.32 Å². The number of anilines is 1. The second-order valence-corrected chi connectivity index (χ2v) is 6.17. The fraction of sp³-hybridized carbons (Fsp3) is 0.211. The van der Waals surface area contributed by atoms with E-state index in [1.807, 2.05) is 30.3 Å². The first-order chi connectivity index (χ1) is 13.4. The molecule has 0 aliphatic heterocycles. The minimum Gasteiger partial charge on any atom is -0.441 e. The SMILES string of the molecule is Cc1nc(-c2cnn(C)c2NC(=O)OC(C)c2ccccc2)ccc1[N+](=O)[O-]. The summed E-state index contributed by atoms with van der Waals surface area (Å²) in [6, 6.07) is 12.3. The molecule has 144 valence electrons. The van der Waals surface area contributed by atoms with Crippen LogP contribution in [0.2, 0.25) is 0 Å². The molecule has 1 aromatic carbocycles. The molecule has 1 N–H and O–H groups in total. The zero-order valence-corrected chi connectivity index (χ0v) is 15.6. The zero-order chi connectivity index (χ0) is 20.3. The van der Waals surface area contributed by atoms with Gasteiger partial charge in [-0.05, 0) is 25.5 Å². The molecule has 0 aliphatic carbocycles. The van der Waals surface area contributed by atoms with Crippen molar-refractivity contribution < 1.29 is 14.5 Å². The van der Waals surface area contributed by atoms with Crippen LogP contribution in [0.4, 0.5) is 16.3 Å². The maximum atomic E-state index is 12.4. The highest BCUT2D eigenvalue weighted by Crippen LogP contribution is 2.29. The average Bonchev–Trinajstić information content (AvgIpc) is 3.02. The van der Waals surface area contributed by atoms with Crippen LogP contribution in [-0.2, 0) is 11.8 Å². The van der Waals surface area contributed by atoms with E-state index in [0.717, 1.165) is 5.56 Å². The molecule has 9 heteroatoms. The van der Waals surface area contributed by atoms with Crippen LogP contribution in [0.3, 0.4) is 0 Å². The molecule has 1 atom stereocenters. The number of carbonyl (C=O) groups excluding carboxylic acids is 1. The van der Waals surface area contributed by atoms with Crippen LogP contribution in [0.25, 0.3) is 11.3 Å². The van der Waals surface area contributed by atoms with Crippen LogP contribution in [-0.4, -0.2) is 25.8 Å². The van der Waals surface area contributed by atoms with Gasteiger partial charge in [0.15, 0.2) is 0 Å². The lowest BCUT2D eigenvalue weighted by molar-refractivity contribution is -0.385. The number of nitrogens with one attached hydrogen (secondary N) is 1. The number of pyridine rings is 1. The Morgan fingerprint density at radius 2 is 1.96 bits per heavy atom. The number of nitro groups is 1. The molecule has 0 saturated heterocycles. The van der Waals surface area contributed by atoms with Gasteiger partial charge in [0.2, 0.25) is 0 Å². The van der Waals surface area contributed by atoms with E-state index < -0.39 is 17.1 Å². The molecule has 0 bridgehead atoms. The standard InChI is InChI=1S/C19H19N5O4/c1-12-17(24(26)27)10-9-16(21-12)15-11-20-23(3)18(15)22-19(25)28-13(2)14-7-5-4-6-8-14/h4-11,13H,1-3H3,(H,22,25). The number of aromatic nitrogens is 3. The monoisotopic (exact) mass is 381 g/mol. The van der Waals surface area contributed by atoms with Gasteiger partial charge < -0.3 is 4.74 Å². The van der Waals surface area contributed by atoms with Gasteiger partial charge in [0, 0.05) is 13.1 Å². The Hall–Kier alpha value is -3.75. The van der Waals surface area contributed by atoms with E-state index in [1.54, 1.807) is 20.9 Å². The lowest BCUT2D eigenvalue weighted by Gasteiger charge is -2.15. The Kier molecular flexibility index (Phi) is 5.35. The molecule has 28 heavy (non-hydrogen) atoms. The first kappa shape index (κ1) is 19.0. The quantitative estimate of drug-likeness (QED) is 0.528. The zero-order valence-electron chi connectivity index (χ0n) is 15.6. The van der Waals surface area contributed by atoms with E-state index in [4.69, 9.17) is 4.74 Å². The molecule has 2 aromatic heterocycles. The molecule has 0 fully saturated rings. The molecule has 0 aliphatic rings. The van der Waals surface area contributed by atoms with Gasteiger partial charge >= 0.3 is 6.09 Å². The van der Waals surface area contributed by atoms with E-state index in [9.17, 15) is 14.9 Å². The summed E-state index contributed by atoms with van der Waals surface area (Å²) < 4.78 is 6.90. The fourth-order valence-corrected chi connectivity index (χ4v) is 2.75. The van der Waals surface area contributed by atoms with E-state index in [-0.39, 0.29) is 11.4 Å². The lowest BCUT2D eigenvalue weighted by atomic mass is 10.1. The normalized spacial score (nSPS) is 11.7. The molecule has 1 amide bonds. The third kappa shape index (κ3) is 3.98. The van der Waals surface area contributed by atoms with Crippen LogP contribution >= 0.6 is 0 Å². The summed E-state index contributed by atoms with van der Waals surface area (Å²) in [4.78, 5) is 27.1. The summed E-state index contributed by atoms with van der Waals surface area (Å²) in [5, 5.41) is 17.8. The minimum atomic E-state index is -0.639. The van der Waals surface area contributed by atoms with Gasteiger partial charge in [0.05, 0.1) is 22.4 Å². The smallest absolute Gasteiger partial charge is 0.413 e. The van der Waals surface area contributed by atoms with Crippen molar-refractivity contribution in [3.8, 4) is 11.3 Å². The first-order valence-electron chi connectivity index (χ1n) is 8.54. The predicted octanol–water partition coefficient (Wildman–Crippen LogP) is 4.01. The largest absolute Gasteiger partial charge is 0.441 e. The second-order valence-electron chi connectivity index (χ2n) is 6.17. The van der Waals surface area contributed by atoms with Crippen molar-refractivity contribution in [1.82, 2.24) is 14.8 Å². The molecular weight excluding hydrogens is 362 g/mol. The Morgan fingerprint density at radius 3 is 2.61 bits per heavy atom. The third-order valence-electron chi connectivity index (χ3n) is 4.24. The van der Waals surface area contributed by atoms with Crippen molar-refractivity contribution in [1.29, 1.82) is 0 Å². The number of ether oxygens (including phenoxy) is 1. The van der Waals surface area contributed by atoms with E-state index >= 15 is 0 Å². The number of hydrogen-bond donors (Lipinski definition) is 1. The molecular formula is C19H19N5O4. The number of hydrogen-bond acceptors (Lipinski definition) is 6. The Labute approximate surface area is 161 Å². The van der Waals surface area contributed by atoms with Crippen LogP contribution < -0.4 is 5.32 Å². The van der Waals surface area contributed by atoms with Crippen LogP contribution in [0.15, 0.2) is 48.7 Å². The number of aryl methyl sites for hydroxylation is 2. The summed E-state index contributed by atoms with van der Waals surface area (Å²) in [5.41, 5.74) is 2.07. The summed E-state index contributed by atoms with van der Waals surface area (Å²) in [7, 11) is 1.66. The van der Waals surface area contributed by atoms with Gasteiger partial charge in [-0.25, -0.2) is 9.78 Å². The van der Waals surface area contributed by atoms with E-state index in [1.165, 1.54) is 23.0 Å². The highest BCUT2D eigenvalue weighted by molar-refractivity contribution is 5.89. The highest BCUT2D eigenvalue weighted by atomic mass is 16.6. The highest BCUT2D eigenvalue weighted by Gasteiger charge is 2.19. The number of carbonyl (C=O) groups is 1. The first-order valence-corrected chi connectivity index (χ1v) is 8.54. The van der Waals surface area contributed by atoms with Crippen LogP contribution in [0.5, 0.6) is 0 Å². The van der Waals surface area contributed by atoms with E-state index in [0.29, 0.717) is 17.1 Å². The lowest BCUT2D eigenvalue weighted by Crippen LogP contribution is -2.18. The van der Waals surface area contributed by atoms with Gasteiger partial charge in [0.1, 0.15) is 17.6 Å². The van der Waals surface area contributed by atoms with Gasteiger partial charge in [-0.15, -0.1) is 0 Å². The third-order valence-corrected chi connectivity index (χ3v) is 4.24. The molecule has 1 unspecified atom stereocenters. The Balaban J connectivity index is 1.80. The van der Waals surface area contributed by atoms with Crippen LogP contribution in [0, 0.1) is 17.0 Å². The molecule has 0 spiro atoms. The van der Waals surface area contributed by atoms with Gasteiger partial charge in [-0.1, -0.05) is 30.3 Å². The summed E-state index contributed by atoms with van der Waals surface area (Å²) >= 11 is 0. The fourth-order valence-electron chi connectivity index (χ4n) is 2.75. The van der Waals surface area contributed by atoms with Crippen molar-refractivity contribution in [3.63, 3.8) is 0 Å². The van der Waals surface area contributed by atoms with Gasteiger partial charge in [-0.2, -0.15) is 5.10 Å². The van der Waals surface area contributed by atoms with Crippen molar-refractivity contribution in [2.45, 2.75) is 20.0 Å². The minimum absolute atomic E-state index is 0.0711. The maximum absolute atomic E-state index is 12.4. The van der Waals surface area contributed by atoms with Gasteiger partial charge in [-0.3, -0.25) is 20.1 Å². The summed E-state index contributed by atoms with van der Waals surface area (Å²) in [5.74, 6) is 0.381. The molecule has 0 radical (unpaired) electrons. The van der Waals surface area contributed by atoms with Crippen molar-refractivity contribution >= 4 is 17.6 Å². The molecule has 3 rings (SSSR count). The molecule has 9 nitrogen and oxygen atoms in total. The molecule has 2 heterocycles. The van der Waals surface area contributed by atoms with Crippen molar-refractivity contribution in [3.05, 3.63) is 70.0 Å².